The maximum absolute atomic E-state index is 12.2. The molecule has 1 fully saturated rings. The summed E-state index contributed by atoms with van der Waals surface area (Å²) in [7, 11) is 0. The molecule has 6 nitrogen and oxygen atoms in total. The van der Waals surface area contributed by atoms with Crippen LogP contribution >= 0.6 is 12.4 Å². The van der Waals surface area contributed by atoms with Gasteiger partial charge < -0.3 is 15.2 Å². The molecular formula is C17H23ClN4O2. The van der Waals surface area contributed by atoms with E-state index in [9.17, 15) is 4.79 Å². The average molecular weight is 351 g/mol. The molecule has 130 valence electrons. The van der Waals surface area contributed by atoms with Gasteiger partial charge in [0, 0.05) is 12.3 Å². The van der Waals surface area contributed by atoms with Gasteiger partial charge in [-0.3, -0.25) is 4.79 Å². The minimum atomic E-state index is -0.282. The summed E-state index contributed by atoms with van der Waals surface area (Å²) in [4.78, 5) is 16.6. The molecule has 2 N–H and O–H groups in total. The van der Waals surface area contributed by atoms with Crippen LogP contribution < -0.4 is 10.6 Å². The molecule has 2 heterocycles. The predicted octanol–water partition coefficient (Wildman–Crippen LogP) is 2.11. The third-order valence-electron chi connectivity index (χ3n) is 4.35. The van der Waals surface area contributed by atoms with Crippen molar-refractivity contribution in [2.45, 2.75) is 26.3 Å². The van der Waals surface area contributed by atoms with E-state index < -0.39 is 0 Å². The number of rotatable bonds is 6. The van der Waals surface area contributed by atoms with Crippen LogP contribution in [0.25, 0.3) is 0 Å². The van der Waals surface area contributed by atoms with Crippen molar-refractivity contribution in [2.24, 2.45) is 11.8 Å². The first-order chi connectivity index (χ1) is 11.1. The molecular weight excluding hydrogens is 328 g/mol. The minimum absolute atomic E-state index is 0. The van der Waals surface area contributed by atoms with E-state index in [1.54, 1.807) is 0 Å². The number of nitrogens with one attached hydrogen (secondary N) is 2. The Labute approximate surface area is 147 Å². The topological polar surface area (TPSA) is 80.0 Å². The van der Waals surface area contributed by atoms with Crippen molar-refractivity contribution < 1.29 is 9.32 Å². The Morgan fingerprint density at radius 2 is 2.04 bits per heavy atom. The fourth-order valence-corrected chi connectivity index (χ4v) is 2.58. The minimum Gasteiger partial charge on any atom is -0.344 e. The lowest BCUT2D eigenvalue weighted by Crippen LogP contribution is -2.49. The molecule has 2 unspecified atom stereocenters. The first-order valence-electron chi connectivity index (χ1n) is 8.01. The van der Waals surface area contributed by atoms with Crippen LogP contribution in [0.4, 0.5) is 0 Å². The molecule has 0 saturated carbocycles. The lowest BCUT2D eigenvalue weighted by atomic mass is 9.88. The monoisotopic (exact) mass is 350 g/mol. The summed E-state index contributed by atoms with van der Waals surface area (Å²) in [5, 5.41) is 10.1. The molecule has 2 atom stereocenters. The summed E-state index contributed by atoms with van der Waals surface area (Å²) < 4.78 is 5.29. The lowest BCUT2D eigenvalue weighted by molar-refractivity contribution is -0.127. The number of halogens is 1. The second kappa shape index (κ2) is 8.26. The molecule has 1 amide bonds. The number of amides is 1. The summed E-state index contributed by atoms with van der Waals surface area (Å²) in [6.45, 7) is 5.64. The molecule has 0 radical (unpaired) electrons. The zero-order valence-corrected chi connectivity index (χ0v) is 14.7. The third-order valence-corrected chi connectivity index (χ3v) is 4.35. The van der Waals surface area contributed by atoms with Gasteiger partial charge in [-0.25, -0.2) is 0 Å². The van der Waals surface area contributed by atoms with Crippen LogP contribution in [0, 0.1) is 11.8 Å². The molecule has 1 aliphatic heterocycles. The molecule has 1 saturated heterocycles. The molecule has 7 heteroatoms. The number of benzene rings is 1. The molecule has 0 bridgehead atoms. The molecule has 1 aromatic heterocycles. The number of nitrogens with zero attached hydrogens (tertiary/aromatic N) is 2. The summed E-state index contributed by atoms with van der Waals surface area (Å²) in [6, 6.07) is 9.70. The Morgan fingerprint density at radius 1 is 1.33 bits per heavy atom. The van der Waals surface area contributed by atoms with E-state index in [-0.39, 0.29) is 30.3 Å². The van der Waals surface area contributed by atoms with Crippen LogP contribution in [0.2, 0.25) is 0 Å². The molecule has 0 spiro atoms. The van der Waals surface area contributed by atoms with Gasteiger partial charge in [0.2, 0.25) is 11.8 Å². The van der Waals surface area contributed by atoms with Crippen molar-refractivity contribution >= 4 is 18.3 Å². The van der Waals surface area contributed by atoms with Crippen LogP contribution in [0.5, 0.6) is 0 Å². The van der Waals surface area contributed by atoms with E-state index >= 15 is 0 Å². The Balaban J connectivity index is 0.00000208. The molecule has 0 aliphatic carbocycles. The second-order valence-corrected chi connectivity index (χ2v) is 6.15. The van der Waals surface area contributed by atoms with Gasteiger partial charge in [0.05, 0.1) is 0 Å². The number of hydrogen-bond donors (Lipinski definition) is 2. The van der Waals surface area contributed by atoms with E-state index in [0.717, 1.165) is 18.7 Å². The standard InChI is InChI=1S/C17H22N4O2.ClH/c1-11(14-9-18-10-14)16(22)19-12(2)17-20-15(21-23-17)8-13-6-4-3-5-7-13;/h3-7,11-12,14,18H,8-10H2,1-2H3,(H,19,22);1H. The molecule has 3 rings (SSSR count). The highest BCUT2D eigenvalue weighted by Crippen LogP contribution is 2.18. The number of carbonyl (C=O) groups excluding carboxylic acids is 1. The average Bonchev–Trinajstić information content (AvgIpc) is 2.95. The van der Waals surface area contributed by atoms with Gasteiger partial charge in [0.25, 0.3) is 0 Å². The van der Waals surface area contributed by atoms with Crippen LogP contribution in [0.1, 0.15) is 37.2 Å². The van der Waals surface area contributed by atoms with Gasteiger partial charge in [0.1, 0.15) is 6.04 Å². The van der Waals surface area contributed by atoms with E-state index in [0.29, 0.717) is 24.1 Å². The predicted molar refractivity (Wildman–Crippen MR) is 92.9 cm³/mol. The highest BCUT2D eigenvalue weighted by molar-refractivity contribution is 5.85. The normalized spacial score (nSPS) is 16.6. The molecule has 1 aliphatic rings. The van der Waals surface area contributed by atoms with Gasteiger partial charge in [-0.15, -0.1) is 12.4 Å². The van der Waals surface area contributed by atoms with Crippen molar-refractivity contribution in [1.82, 2.24) is 20.8 Å². The quantitative estimate of drug-likeness (QED) is 0.834. The fourth-order valence-electron chi connectivity index (χ4n) is 2.58. The van der Waals surface area contributed by atoms with Crippen molar-refractivity contribution in [1.29, 1.82) is 0 Å². The fraction of sp³-hybridized carbons (Fsp3) is 0.471. The summed E-state index contributed by atoms with van der Waals surface area (Å²) >= 11 is 0. The Kier molecular flexibility index (Phi) is 6.34. The third kappa shape index (κ3) is 4.33. The van der Waals surface area contributed by atoms with Crippen molar-refractivity contribution in [2.75, 3.05) is 13.1 Å². The molecule has 24 heavy (non-hydrogen) atoms. The highest BCUT2D eigenvalue weighted by atomic mass is 35.5. The van der Waals surface area contributed by atoms with Crippen molar-refractivity contribution in [3.8, 4) is 0 Å². The van der Waals surface area contributed by atoms with E-state index in [4.69, 9.17) is 4.52 Å². The van der Waals surface area contributed by atoms with E-state index in [2.05, 4.69) is 20.8 Å². The zero-order valence-electron chi connectivity index (χ0n) is 13.9. The van der Waals surface area contributed by atoms with Crippen LogP contribution in [-0.2, 0) is 11.2 Å². The molecule has 2 aromatic rings. The Morgan fingerprint density at radius 3 is 2.67 bits per heavy atom. The highest BCUT2D eigenvalue weighted by Gasteiger charge is 2.30. The first kappa shape index (κ1) is 18.4. The van der Waals surface area contributed by atoms with Gasteiger partial charge in [-0.05, 0) is 31.5 Å². The van der Waals surface area contributed by atoms with Crippen molar-refractivity contribution in [3.63, 3.8) is 0 Å². The first-order valence-corrected chi connectivity index (χ1v) is 8.01. The second-order valence-electron chi connectivity index (χ2n) is 6.15. The largest absolute Gasteiger partial charge is 0.344 e. The molecule has 1 aromatic carbocycles. The summed E-state index contributed by atoms with van der Waals surface area (Å²) in [5.74, 6) is 1.52. The number of hydrogen-bond acceptors (Lipinski definition) is 5. The van der Waals surface area contributed by atoms with Crippen LogP contribution in [-0.4, -0.2) is 29.1 Å². The Bertz CT molecular complexity index is 658. The van der Waals surface area contributed by atoms with E-state index in [1.807, 2.05) is 44.2 Å². The van der Waals surface area contributed by atoms with Gasteiger partial charge >= 0.3 is 0 Å². The van der Waals surface area contributed by atoms with Crippen molar-refractivity contribution in [3.05, 3.63) is 47.6 Å². The van der Waals surface area contributed by atoms with Gasteiger partial charge in [-0.2, -0.15) is 4.98 Å². The summed E-state index contributed by atoms with van der Waals surface area (Å²) in [5.41, 5.74) is 1.13. The van der Waals surface area contributed by atoms with Crippen LogP contribution in [0.15, 0.2) is 34.9 Å². The Hall–Kier alpha value is -1.92. The van der Waals surface area contributed by atoms with Crippen LogP contribution in [0.3, 0.4) is 0 Å². The zero-order chi connectivity index (χ0) is 16.2. The van der Waals surface area contributed by atoms with Gasteiger partial charge in [0.15, 0.2) is 5.82 Å². The van der Waals surface area contributed by atoms with E-state index in [1.165, 1.54) is 0 Å². The SMILES string of the molecule is CC(NC(=O)C(C)C1CNC1)c1nc(Cc2ccccc2)no1.Cl. The number of aromatic nitrogens is 2. The lowest BCUT2D eigenvalue weighted by Gasteiger charge is -2.32. The summed E-state index contributed by atoms with van der Waals surface area (Å²) in [6.07, 6.45) is 0.620. The maximum Gasteiger partial charge on any atom is 0.248 e. The maximum atomic E-state index is 12.2. The van der Waals surface area contributed by atoms with Gasteiger partial charge in [-0.1, -0.05) is 42.4 Å². The number of carbonyl (C=O) groups is 1. The smallest absolute Gasteiger partial charge is 0.248 e.